The molecule has 20 heavy (non-hydrogen) atoms. The third-order valence-electron chi connectivity index (χ3n) is 3.68. The van der Waals surface area contributed by atoms with Crippen molar-refractivity contribution in [2.75, 3.05) is 6.54 Å². The molecule has 0 fully saturated rings. The Hall–Kier alpha value is -1.03. The van der Waals surface area contributed by atoms with Gasteiger partial charge < -0.3 is 0 Å². The van der Waals surface area contributed by atoms with Crippen LogP contribution in [0.1, 0.15) is 51.2 Å². The zero-order valence-electron chi connectivity index (χ0n) is 12.5. The molecule has 0 heterocycles. The van der Waals surface area contributed by atoms with Gasteiger partial charge in [-0.25, -0.2) is 0 Å². The molecule has 0 unspecified atom stereocenters. The van der Waals surface area contributed by atoms with E-state index in [4.69, 9.17) is 0 Å². The second-order valence-corrected chi connectivity index (χ2v) is 5.28. The third kappa shape index (κ3) is 5.16. The highest BCUT2D eigenvalue weighted by molar-refractivity contribution is 5.24. The van der Waals surface area contributed by atoms with Gasteiger partial charge in [0.1, 0.15) is 0 Å². The molecule has 0 saturated heterocycles. The Morgan fingerprint density at radius 2 is 1.70 bits per heavy atom. The van der Waals surface area contributed by atoms with Crippen molar-refractivity contribution in [3.63, 3.8) is 0 Å². The number of hydrogen-bond donors (Lipinski definition) is 0. The third-order valence-corrected chi connectivity index (χ3v) is 3.68. The molecule has 114 valence electrons. The summed E-state index contributed by atoms with van der Waals surface area (Å²) in [5.41, 5.74) is 0.360. The van der Waals surface area contributed by atoms with Gasteiger partial charge in [0.05, 0.1) is 5.56 Å². The van der Waals surface area contributed by atoms with E-state index in [1.807, 2.05) is 0 Å². The molecular weight excluding hydrogens is 263 g/mol. The molecule has 0 aliphatic carbocycles. The van der Waals surface area contributed by atoms with Gasteiger partial charge in [-0.1, -0.05) is 32.4 Å². The number of benzene rings is 1. The molecule has 1 aromatic rings. The topological polar surface area (TPSA) is 3.24 Å². The summed E-state index contributed by atoms with van der Waals surface area (Å²) in [6, 6.07) is 5.96. The molecular formula is C16H24F3N. The molecule has 0 amide bonds. The predicted molar refractivity (Wildman–Crippen MR) is 76.5 cm³/mol. The van der Waals surface area contributed by atoms with Crippen LogP contribution in [0.4, 0.5) is 13.2 Å². The first-order valence-electron chi connectivity index (χ1n) is 7.28. The minimum absolute atomic E-state index is 0.448. The fraction of sp³-hybridized carbons (Fsp3) is 0.625. The largest absolute Gasteiger partial charge is 0.416 e. The number of halogens is 3. The SMILES string of the molecule is CCCCN(Cc1ccc(C(F)(F)F)cc1)[C@@H](C)CC. The molecule has 0 N–H and O–H groups in total. The zero-order valence-corrected chi connectivity index (χ0v) is 12.5. The van der Waals surface area contributed by atoms with Gasteiger partial charge in [-0.05, 0) is 44.0 Å². The summed E-state index contributed by atoms with van der Waals surface area (Å²) >= 11 is 0. The summed E-state index contributed by atoms with van der Waals surface area (Å²) in [5, 5.41) is 0. The minimum atomic E-state index is -4.25. The van der Waals surface area contributed by atoms with Crippen LogP contribution in [0, 0.1) is 0 Å². The normalized spacial score (nSPS) is 13.8. The van der Waals surface area contributed by atoms with E-state index in [0.29, 0.717) is 12.6 Å². The van der Waals surface area contributed by atoms with E-state index in [1.54, 1.807) is 12.1 Å². The van der Waals surface area contributed by atoms with Gasteiger partial charge in [0.2, 0.25) is 0 Å². The highest BCUT2D eigenvalue weighted by Crippen LogP contribution is 2.29. The predicted octanol–water partition coefficient (Wildman–Crippen LogP) is 5.11. The van der Waals surface area contributed by atoms with Crippen LogP contribution in [-0.4, -0.2) is 17.5 Å². The van der Waals surface area contributed by atoms with Crippen LogP contribution in [0.25, 0.3) is 0 Å². The second kappa shape index (κ2) is 7.67. The van der Waals surface area contributed by atoms with Crippen molar-refractivity contribution in [1.29, 1.82) is 0 Å². The summed E-state index contributed by atoms with van der Waals surface area (Å²) in [4.78, 5) is 2.34. The Kier molecular flexibility index (Phi) is 6.53. The molecule has 0 aliphatic rings. The highest BCUT2D eigenvalue weighted by Gasteiger charge is 2.30. The molecule has 0 radical (unpaired) electrons. The van der Waals surface area contributed by atoms with Crippen LogP contribution in [0.2, 0.25) is 0 Å². The smallest absolute Gasteiger partial charge is 0.296 e. The number of nitrogens with zero attached hydrogens (tertiary/aromatic N) is 1. The first-order valence-corrected chi connectivity index (χ1v) is 7.28. The number of unbranched alkanes of at least 4 members (excludes halogenated alkanes) is 1. The second-order valence-electron chi connectivity index (χ2n) is 5.28. The minimum Gasteiger partial charge on any atom is -0.296 e. The molecule has 1 aromatic carbocycles. The van der Waals surface area contributed by atoms with Crippen LogP contribution >= 0.6 is 0 Å². The average Bonchev–Trinajstić information content (AvgIpc) is 2.42. The summed E-state index contributed by atoms with van der Waals surface area (Å²) in [6.45, 7) is 8.16. The lowest BCUT2D eigenvalue weighted by Gasteiger charge is -2.28. The highest BCUT2D eigenvalue weighted by atomic mass is 19.4. The first-order chi connectivity index (χ1) is 9.38. The quantitative estimate of drug-likeness (QED) is 0.674. The molecule has 1 atom stereocenters. The monoisotopic (exact) mass is 287 g/mol. The van der Waals surface area contributed by atoms with Crippen molar-refractivity contribution in [3.8, 4) is 0 Å². The molecule has 0 bridgehead atoms. The van der Waals surface area contributed by atoms with Gasteiger partial charge in [-0.3, -0.25) is 4.90 Å². The maximum atomic E-state index is 12.5. The van der Waals surface area contributed by atoms with Crippen molar-refractivity contribution in [1.82, 2.24) is 4.90 Å². The van der Waals surface area contributed by atoms with Gasteiger partial charge >= 0.3 is 6.18 Å². The van der Waals surface area contributed by atoms with E-state index in [1.165, 1.54) is 12.1 Å². The molecule has 1 nitrogen and oxygen atoms in total. The fourth-order valence-corrected chi connectivity index (χ4v) is 2.11. The molecule has 0 aromatic heterocycles. The summed E-state index contributed by atoms with van der Waals surface area (Å²) < 4.78 is 37.6. The number of hydrogen-bond acceptors (Lipinski definition) is 1. The molecule has 4 heteroatoms. The van der Waals surface area contributed by atoms with Crippen LogP contribution in [0.5, 0.6) is 0 Å². The fourth-order valence-electron chi connectivity index (χ4n) is 2.11. The maximum Gasteiger partial charge on any atom is 0.416 e. The maximum absolute atomic E-state index is 12.5. The van der Waals surface area contributed by atoms with Crippen molar-refractivity contribution in [2.45, 2.75) is 58.8 Å². The molecule has 0 aliphatic heterocycles. The van der Waals surface area contributed by atoms with Gasteiger partial charge in [0, 0.05) is 12.6 Å². The number of rotatable bonds is 7. The molecule has 0 spiro atoms. The van der Waals surface area contributed by atoms with Crippen LogP contribution in [0.3, 0.4) is 0 Å². The van der Waals surface area contributed by atoms with E-state index < -0.39 is 11.7 Å². The summed E-state index contributed by atoms with van der Waals surface area (Å²) in [7, 11) is 0. The van der Waals surface area contributed by atoms with Crippen molar-refractivity contribution in [2.24, 2.45) is 0 Å². The Morgan fingerprint density at radius 3 is 2.15 bits per heavy atom. The van der Waals surface area contributed by atoms with Gasteiger partial charge in [-0.15, -0.1) is 0 Å². The Morgan fingerprint density at radius 1 is 1.10 bits per heavy atom. The van der Waals surface area contributed by atoms with Crippen LogP contribution < -0.4 is 0 Å². The Labute approximate surface area is 119 Å². The average molecular weight is 287 g/mol. The van der Waals surface area contributed by atoms with E-state index in [-0.39, 0.29) is 0 Å². The Bertz CT molecular complexity index is 384. The summed E-state index contributed by atoms with van der Waals surface area (Å²) in [6.07, 6.45) is -0.966. The van der Waals surface area contributed by atoms with E-state index in [9.17, 15) is 13.2 Å². The number of alkyl halides is 3. The van der Waals surface area contributed by atoms with Crippen molar-refractivity contribution < 1.29 is 13.2 Å². The lowest BCUT2D eigenvalue weighted by molar-refractivity contribution is -0.137. The van der Waals surface area contributed by atoms with Crippen LogP contribution in [-0.2, 0) is 12.7 Å². The van der Waals surface area contributed by atoms with Gasteiger partial charge in [0.15, 0.2) is 0 Å². The first kappa shape index (κ1) is 17.0. The van der Waals surface area contributed by atoms with Crippen LogP contribution in [0.15, 0.2) is 24.3 Å². The van der Waals surface area contributed by atoms with E-state index in [2.05, 4.69) is 25.7 Å². The lowest BCUT2D eigenvalue weighted by atomic mass is 10.1. The van der Waals surface area contributed by atoms with E-state index >= 15 is 0 Å². The van der Waals surface area contributed by atoms with Crippen molar-refractivity contribution >= 4 is 0 Å². The standard InChI is InChI=1S/C16H24F3N/c1-4-6-11-20(13(3)5-2)12-14-7-9-15(10-8-14)16(17,18)19/h7-10,13H,4-6,11-12H2,1-3H3/t13-/m0/s1. The Balaban J connectivity index is 2.73. The zero-order chi connectivity index (χ0) is 15.2. The summed E-state index contributed by atoms with van der Waals surface area (Å²) in [5.74, 6) is 0. The van der Waals surface area contributed by atoms with Gasteiger partial charge in [-0.2, -0.15) is 13.2 Å². The molecule has 1 rings (SSSR count). The molecule has 0 saturated carbocycles. The van der Waals surface area contributed by atoms with Crippen molar-refractivity contribution in [3.05, 3.63) is 35.4 Å². The van der Waals surface area contributed by atoms with Gasteiger partial charge in [0.25, 0.3) is 0 Å². The lowest BCUT2D eigenvalue weighted by Crippen LogP contribution is -2.33. The van der Waals surface area contributed by atoms with E-state index in [0.717, 1.165) is 31.4 Å².